The van der Waals surface area contributed by atoms with E-state index in [0.29, 0.717) is 6.42 Å². The van der Waals surface area contributed by atoms with Crippen LogP contribution < -0.4 is 10.6 Å². The van der Waals surface area contributed by atoms with E-state index in [1.54, 1.807) is 11.3 Å². The maximum absolute atomic E-state index is 10.1. The van der Waals surface area contributed by atoms with Crippen molar-refractivity contribution >= 4 is 27.3 Å². The monoisotopic (exact) mass is 371 g/mol. The number of halogens is 1. The second-order valence-corrected chi connectivity index (χ2v) is 6.47. The van der Waals surface area contributed by atoms with Crippen molar-refractivity contribution < 1.29 is 14.7 Å². The molecule has 3 N–H and O–H groups in total. The van der Waals surface area contributed by atoms with Gasteiger partial charge in [0.05, 0.1) is 6.10 Å². The molecule has 0 saturated heterocycles. The van der Waals surface area contributed by atoms with E-state index in [4.69, 9.17) is 10.6 Å². The van der Waals surface area contributed by atoms with Crippen molar-refractivity contribution in [3.05, 3.63) is 50.6 Å². The van der Waals surface area contributed by atoms with E-state index in [2.05, 4.69) is 20.8 Å². The molecular weight excluding hydrogens is 354 g/mol. The lowest BCUT2D eigenvalue weighted by atomic mass is 10.0. The van der Waals surface area contributed by atoms with E-state index < -0.39 is 6.10 Å². The Morgan fingerprint density at radius 2 is 2.14 bits per heavy atom. The molecule has 2 rings (SSSR count). The highest BCUT2D eigenvalue weighted by Crippen LogP contribution is 2.29. The molecule has 0 unspecified atom stereocenters. The Hall–Kier alpha value is -0.920. The summed E-state index contributed by atoms with van der Waals surface area (Å²) in [5.74, 6) is 5.75. The topological polar surface area (TPSA) is 64.7 Å². The van der Waals surface area contributed by atoms with Gasteiger partial charge in [-0.1, -0.05) is 18.2 Å². The predicted octanol–water partition coefficient (Wildman–Crippen LogP) is 3.79. The van der Waals surface area contributed by atoms with Gasteiger partial charge in [0.2, 0.25) is 6.79 Å². The molecule has 6 heteroatoms. The van der Waals surface area contributed by atoms with Crippen molar-refractivity contribution in [1.29, 1.82) is 0 Å². The molecular formula is C15H18BrNO3S. The summed E-state index contributed by atoms with van der Waals surface area (Å²) in [5.41, 5.74) is 1.09. The van der Waals surface area contributed by atoms with Crippen LogP contribution in [0.1, 0.15) is 29.4 Å². The number of hydrogen-bond donors (Lipinski definition) is 2. The number of rotatable bonds is 8. The Bertz CT molecular complexity index is 561. The highest BCUT2D eigenvalue weighted by Gasteiger charge is 2.11. The Kier molecular flexibility index (Phi) is 6.66. The van der Waals surface area contributed by atoms with E-state index >= 15 is 0 Å². The van der Waals surface area contributed by atoms with Crippen LogP contribution in [-0.2, 0) is 11.3 Å². The number of nitrogens with two attached hydrogens (primary N) is 1. The molecule has 0 radical (unpaired) electrons. The van der Waals surface area contributed by atoms with Gasteiger partial charge in [-0.2, -0.15) is 0 Å². The van der Waals surface area contributed by atoms with Gasteiger partial charge in [0, 0.05) is 14.7 Å². The van der Waals surface area contributed by atoms with Crippen molar-refractivity contribution in [3.63, 3.8) is 0 Å². The fraction of sp³-hybridized carbons (Fsp3) is 0.333. The summed E-state index contributed by atoms with van der Waals surface area (Å²) in [4.78, 5) is 5.43. The van der Waals surface area contributed by atoms with Crippen molar-refractivity contribution in [2.75, 3.05) is 6.79 Å². The van der Waals surface area contributed by atoms with E-state index in [0.717, 1.165) is 33.5 Å². The summed E-state index contributed by atoms with van der Waals surface area (Å²) < 4.78 is 6.43. The zero-order valence-corrected chi connectivity index (χ0v) is 13.9. The summed E-state index contributed by atoms with van der Waals surface area (Å²) >= 11 is 4.97. The minimum atomic E-state index is -0.415. The molecule has 0 bridgehead atoms. The number of aliphatic hydroxyl groups is 1. The molecule has 0 amide bonds. The molecule has 0 aliphatic heterocycles. The lowest BCUT2D eigenvalue weighted by molar-refractivity contribution is 0.0139. The second kappa shape index (κ2) is 8.51. The molecule has 0 spiro atoms. The number of benzene rings is 1. The summed E-state index contributed by atoms with van der Waals surface area (Å²) in [7, 11) is 0. The highest BCUT2D eigenvalue weighted by molar-refractivity contribution is 9.10. The van der Waals surface area contributed by atoms with Crippen molar-refractivity contribution in [3.8, 4) is 5.75 Å². The molecule has 0 saturated carbocycles. The Labute approximate surface area is 136 Å². The van der Waals surface area contributed by atoms with E-state index in [-0.39, 0.29) is 6.79 Å². The van der Waals surface area contributed by atoms with E-state index in [1.807, 2.05) is 35.7 Å². The first-order valence-electron chi connectivity index (χ1n) is 6.65. The van der Waals surface area contributed by atoms with E-state index in [1.165, 1.54) is 0 Å². The number of hydrogen-bond acceptors (Lipinski definition) is 5. The van der Waals surface area contributed by atoms with Gasteiger partial charge < -0.3 is 9.84 Å². The van der Waals surface area contributed by atoms with Crippen molar-refractivity contribution in [2.45, 2.75) is 25.4 Å². The maximum Gasteiger partial charge on any atom is 0.207 e. The van der Waals surface area contributed by atoms with Gasteiger partial charge in [0.25, 0.3) is 0 Å². The van der Waals surface area contributed by atoms with Crippen LogP contribution in [-0.4, -0.2) is 11.9 Å². The number of ether oxygens (including phenoxy) is 1. The Morgan fingerprint density at radius 3 is 2.86 bits per heavy atom. The number of aryl methyl sites for hydroxylation is 1. The van der Waals surface area contributed by atoms with Gasteiger partial charge >= 0.3 is 0 Å². The Morgan fingerprint density at radius 1 is 1.33 bits per heavy atom. The number of aliphatic hydroxyl groups excluding tert-OH is 1. The first kappa shape index (κ1) is 16.5. The largest absolute Gasteiger partial charge is 0.466 e. The fourth-order valence-corrected chi connectivity index (χ4v) is 3.54. The lowest BCUT2D eigenvalue weighted by Crippen LogP contribution is -2.08. The SMILES string of the molecule is NOCOc1ccccc1CCC[C@H](O)c1cc(Br)cs1. The van der Waals surface area contributed by atoms with Crippen LogP contribution in [0.2, 0.25) is 0 Å². The second-order valence-electron chi connectivity index (χ2n) is 4.61. The summed E-state index contributed by atoms with van der Waals surface area (Å²) in [6.07, 6.45) is 2.02. The zero-order valence-electron chi connectivity index (χ0n) is 11.5. The summed E-state index contributed by atoms with van der Waals surface area (Å²) in [6, 6.07) is 9.75. The number of thiophene rings is 1. The van der Waals surface area contributed by atoms with Crippen LogP contribution in [0.15, 0.2) is 40.2 Å². The molecule has 21 heavy (non-hydrogen) atoms. The van der Waals surface area contributed by atoms with Gasteiger partial charge in [-0.15, -0.1) is 11.3 Å². The number of para-hydroxylation sites is 1. The first-order valence-corrected chi connectivity index (χ1v) is 8.32. The fourth-order valence-electron chi connectivity index (χ4n) is 2.08. The van der Waals surface area contributed by atoms with Crippen molar-refractivity contribution in [2.24, 2.45) is 5.90 Å². The standard InChI is InChI=1S/C15H18BrNO3S/c16-12-8-15(21-9-12)13(18)6-3-5-11-4-1-2-7-14(11)19-10-20-17/h1-2,4,7-9,13,18H,3,5-6,10,17H2/t13-/m0/s1. The molecule has 0 fully saturated rings. The smallest absolute Gasteiger partial charge is 0.207 e. The highest BCUT2D eigenvalue weighted by atomic mass is 79.9. The molecule has 1 aromatic carbocycles. The molecule has 1 heterocycles. The molecule has 0 aliphatic carbocycles. The predicted molar refractivity (Wildman–Crippen MR) is 87.1 cm³/mol. The van der Waals surface area contributed by atoms with Crippen LogP contribution in [0.3, 0.4) is 0 Å². The average Bonchev–Trinajstić information content (AvgIpc) is 2.93. The van der Waals surface area contributed by atoms with Crippen LogP contribution in [0.25, 0.3) is 0 Å². The summed E-state index contributed by atoms with van der Waals surface area (Å²) in [6.45, 7) is 0.0306. The summed E-state index contributed by atoms with van der Waals surface area (Å²) in [5, 5.41) is 12.1. The minimum Gasteiger partial charge on any atom is -0.466 e. The van der Waals surface area contributed by atoms with Crippen LogP contribution in [0.5, 0.6) is 5.75 Å². The molecule has 1 aromatic heterocycles. The third-order valence-electron chi connectivity index (χ3n) is 3.09. The molecule has 2 aromatic rings. The zero-order chi connectivity index (χ0) is 15.1. The van der Waals surface area contributed by atoms with Crippen LogP contribution >= 0.6 is 27.3 Å². The third-order valence-corrected chi connectivity index (χ3v) is 4.89. The normalized spacial score (nSPS) is 12.3. The van der Waals surface area contributed by atoms with Gasteiger partial charge in [-0.25, -0.2) is 5.90 Å². The Balaban J connectivity index is 1.85. The lowest BCUT2D eigenvalue weighted by Gasteiger charge is -2.11. The third kappa shape index (κ3) is 5.09. The van der Waals surface area contributed by atoms with Crippen molar-refractivity contribution in [1.82, 2.24) is 0 Å². The van der Waals surface area contributed by atoms with Gasteiger partial charge in [0.1, 0.15) is 5.75 Å². The first-order chi connectivity index (χ1) is 10.2. The van der Waals surface area contributed by atoms with Gasteiger partial charge in [0.15, 0.2) is 0 Å². The quantitative estimate of drug-likeness (QED) is 0.547. The molecule has 0 aliphatic rings. The average molecular weight is 372 g/mol. The van der Waals surface area contributed by atoms with Crippen LogP contribution in [0.4, 0.5) is 0 Å². The van der Waals surface area contributed by atoms with Crippen LogP contribution in [0, 0.1) is 0 Å². The van der Waals surface area contributed by atoms with E-state index in [9.17, 15) is 5.11 Å². The van der Waals surface area contributed by atoms with Gasteiger partial charge in [-0.05, 0) is 52.9 Å². The minimum absolute atomic E-state index is 0.0306. The van der Waals surface area contributed by atoms with Gasteiger partial charge in [-0.3, -0.25) is 4.84 Å². The molecule has 1 atom stereocenters. The maximum atomic E-state index is 10.1. The molecule has 4 nitrogen and oxygen atoms in total. The molecule has 114 valence electrons.